The van der Waals surface area contributed by atoms with Crippen LogP contribution in [0.25, 0.3) is 72.0 Å². The Balaban J connectivity index is 0.924. The fourth-order valence-electron chi connectivity index (χ4n) is 14.3. The fraction of sp³-hybridized carbons (Fsp3) is 0. The Kier molecular flexibility index (Phi) is 11.3. The molecule has 4 heteroatoms. The molecule has 82 heavy (non-hydrogen) atoms. The summed E-state index contributed by atoms with van der Waals surface area (Å²) in [6, 6.07) is 123. The third-order valence-corrected chi connectivity index (χ3v) is 27.5. The van der Waals surface area contributed by atoms with E-state index in [0.29, 0.717) is 0 Å². The Hall–Kier alpha value is -10.1. The van der Waals surface area contributed by atoms with Gasteiger partial charge in [-0.05, 0) is 159 Å². The minimum Gasteiger partial charge on any atom is -0.310 e. The number of anilines is 3. The van der Waals surface area contributed by atoms with Crippen molar-refractivity contribution in [2.45, 2.75) is 0 Å². The van der Waals surface area contributed by atoms with Gasteiger partial charge in [0.25, 0.3) is 0 Å². The van der Waals surface area contributed by atoms with Crippen LogP contribution in [-0.4, -0.2) is 20.7 Å². The van der Waals surface area contributed by atoms with Crippen LogP contribution in [-0.2, 0) is 0 Å². The highest BCUT2D eigenvalue weighted by Crippen LogP contribution is 2.43. The maximum Gasteiger partial charge on any atom is 0.180 e. The minimum absolute atomic E-state index is 1.10. The summed E-state index contributed by atoms with van der Waals surface area (Å²) in [5, 5.41) is 13.7. The lowest BCUT2D eigenvalue weighted by atomic mass is 9.97. The van der Waals surface area contributed by atoms with Gasteiger partial charge in [0.1, 0.15) is 0 Å². The van der Waals surface area contributed by atoms with E-state index in [-0.39, 0.29) is 0 Å². The maximum absolute atomic E-state index is 2.88. The standard InChI is InChI=1S/C78H54N2Si2/c1-7-23-55(24-8-1)56-39-43-60(44-40-56)79(61-45-49-77-71(53-61)68-36-20-22-38-75(68)81(77,63-27-11-3-12-28-63)64-29-13-4-14-30-64)62-46-50-78-72(54-62)70-52-58(42-48-76(70)82(78,65-31-15-5-16-32-65)66-33-17-6-18-34-66)57-41-47-74-69(51-57)67-35-19-21-37-73(67)80(74)59-25-9-2-10-26-59/h1-54H. The number of hydrogen-bond acceptors (Lipinski definition) is 1. The lowest BCUT2D eigenvalue weighted by Crippen LogP contribution is -2.72. The van der Waals surface area contributed by atoms with E-state index in [4.69, 9.17) is 0 Å². The highest BCUT2D eigenvalue weighted by atomic mass is 28.3. The average Bonchev–Trinajstić information content (AvgIpc) is 2.31. The van der Waals surface area contributed by atoms with Crippen molar-refractivity contribution >= 4 is 96.5 Å². The van der Waals surface area contributed by atoms with Crippen LogP contribution < -0.4 is 46.4 Å². The Bertz CT molecular complexity index is 4640. The minimum atomic E-state index is -2.88. The molecule has 0 fully saturated rings. The molecule has 1 aromatic heterocycles. The molecular weight excluding hydrogens is 1020 g/mol. The van der Waals surface area contributed by atoms with Crippen LogP contribution in [0.1, 0.15) is 0 Å². The summed E-state index contributed by atoms with van der Waals surface area (Å²) in [7, 11) is -5.59. The predicted octanol–water partition coefficient (Wildman–Crippen LogP) is 14.3. The molecule has 0 N–H and O–H groups in total. The summed E-state index contributed by atoms with van der Waals surface area (Å²) in [4.78, 5) is 2.51. The Morgan fingerprint density at radius 2 is 0.610 bits per heavy atom. The number of fused-ring (bicyclic) bond motifs is 9. The molecule has 0 unspecified atom stereocenters. The molecular formula is C78H54N2Si2. The van der Waals surface area contributed by atoms with Gasteiger partial charge in [-0.2, -0.15) is 0 Å². The molecule has 3 heterocycles. The largest absolute Gasteiger partial charge is 0.310 e. The van der Waals surface area contributed by atoms with E-state index in [9.17, 15) is 0 Å². The average molecular weight is 1080 g/mol. The number of hydrogen-bond donors (Lipinski definition) is 0. The summed E-state index contributed by atoms with van der Waals surface area (Å²) >= 11 is 0. The second kappa shape index (κ2) is 19.3. The van der Waals surface area contributed by atoms with E-state index in [1.165, 1.54) is 108 Å². The second-order valence-electron chi connectivity index (χ2n) is 21.9. The van der Waals surface area contributed by atoms with Gasteiger partial charge in [-0.15, -0.1) is 0 Å². The van der Waals surface area contributed by atoms with E-state index in [1.807, 2.05) is 0 Å². The Labute approximate surface area is 480 Å². The molecule has 384 valence electrons. The first-order valence-corrected chi connectivity index (χ1v) is 32.5. The lowest BCUT2D eigenvalue weighted by Gasteiger charge is -2.32. The van der Waals surface area contributed by atoms with Gasteiger partial charge in [0.2, 0.25) is 0 Å². The molecule has 16 rings (SSSR count). The van der Waals surface area contributed by atoms with E-state index >= 15 is 0 Å². The molecule has 0 atom stereocenters. The fourth-order valence-corrected chi connectivity index (χ4v) is 24.6. The van der Waals surface area contributed by atoms with E-state index in [1.54, 1.807) is 0 Å². The van der Waals surface area contributed by atoms with Crippen molar-refractivity contribution in [1.29, 1.82) is 0 Å². The molecule has 0 saturated heterocycles. The van der Waals surface area contributed by atoms with Crippen molar-refractivity contribution < 1.29 is 0 Å². The highest BCUT2D eigenvalue weighted by Gasteiger charge is 2.50. The van der Waals surface area contributed by atoms with Crippen molar-refractivity contribution in [3.8, 4) is 50.2 Å². The van der Waals surface area contributed by atoms with E-state index < -0.39 is 16.1 Å². The Morgan fingerprint density at radius 3 is 1.18 bits per heavy atom. The topological polar surface area (TPSA) is 8.17 Å². The summed E-state index contributed by atoms with van der Waals surface area (Å²) in [6.45, 7) is 0. The van der Waals surface area contributed by atoms with Crippen LogP contribution in [0.2, 0.25) is 0 Å². The van der Waals surface area contributed by atoms with Crippen LogP contribution in [0.15, 0.2) is 328 Å². The van der Waals surface area contributed by atoms with Crippen LogP contribution in [0, 0.1) is 0 Å². The van der Waals surface area contributed by atoms with E-state index in [2.05, 4.69) is 337 Å². The number of rotatable bonds is 10. The first-order valence-electron chi connectivity index (χ1n) is 28.5. The van der Waals surface area contributed by atoms with Gasteiger partial charge in [0, 0.05) is 33.5 Å². The van der Waals surface area contributed by atoms with Crippen molar-refractivity contribution in [3.05, 3.63) is 328 Å². The normalized spacial score (nSPS) is 13.3. The smallest absolute Gasteiger partial charge is 0.180 e. The predicted molar refractivity (Wildman–Crippen MR) is 352 cm³/mol. The first kappa shape index (κ1) is 47.9. The summed E-state index contributed by atoms with van der Waals surface area (Å²) in [6.07, 6.45) is 0. The highest BCUT2D eigenvalue weighted by molar-refractivity contribution is 7.23. The van der Waals surface area contributed by atoms with Crippen molar-refractivity contribution in [3.63, 3.8) is 0 Å². The molecule has 2 aliphatic heterocycles. The van der Waals surface area contributed by atoms with Crippen molar-refractivity contribution in [1.82, 2.24) is 4.57 Å². The number of aromatic nitrogens is 1. The SMILES string of the molecule is c1ccc(-c2ccc(N(c3ccc4c(c3)-c3ccccc3[Si]4(c3ccccc3)c3ccccc3)c3ccc4c(c3)-c3cc(-c5ccc6c(c5)c5ccccc5n6-c5ccccc5)ccc3[Si]4(c3ccccc3)c3ccccc3)cc2)cc1. The van der Waals surface area contributed by atoms with Gasteiger partial charge in [-0.1, -0.05) is 255 Å². The number of benzene rings is 13. The van der Waals surface area contributed by atoms with Gasteiger partial charge in [0.15, 0.2) is 16.1 Å². The molecule has 13 aromatic carbocycles. The number of nitrogens with zero attached hydrogens (tertiary/aromatic N) is 2. The molecule has 0 radical (unpaired) electrons. The van der Waals surface area contributed by atoms with E-state index in [0.717, 1.165) is 22.7 Å². The first-order chi connectivity index (χ1) is 40.7. The molecule has 2 nitrogen and oxygen atoms in total. The zero-order chi connectivity index (χ0) is 54.2. The van der Waals surface area contributed by atoms with Crippen molar-refractivity contribution in [2.24, 2.45) is 0 Å². The third-order valence-electron chi connectivity index (χ3n) is 17.7. The maximum atomic E-state index is 2.52. The molecule has 0 bridgehead atoms. The number of para-hydroxylation sites is 2. The second-order valence-corrected chi connectivity index (χ2v) is 29.4. The van der Waals surface area contributed by atoms with Gasteiger partial charge < -0.3 is 9.47 Å². The van der Waals surface area contributed by atoms with Gasteiger partial charge in [-0.3, -0.25) is 0 Å². The molecule has 0 aliphatic carbocycles. The van der Waals surface area contributed by atoms with Crippen LogP contribution in [0.3, 0.4) is 0 Å². The van der Waals surface area contributed by atoms with Crippen molar-refractivity contribution in [2.75, 3.05) is 4.90 Å². The van der Waals surface area contributed by atoms with Crippen LogP contribution in [0.5, 0.6) is 0 Å². The molecule has 2 aliphatic rings. The quantitative estimate of drug-likeness (QED) is 0.124. The molecule has 0 spiro atoms. The van der Waals surface area contributed by atoms with Gasteiger partial charge in [0.05, 0.1) is 11.0 Å². The van der Waals surface area contributed by atoms with Crippen LogP contribution >= 0.6 is 0 Å². The van der Waals surface area contributed by atoms with Crippen LogP contribution in [0.4, 0.5) is 17.1 Å². The third kappa shape index (κ3) is 7.25. The van der Waals surface area contributed by atoms with Gasteiger partial charge >= 0.3 is 0 Å². The molecule has 0 amide bonds. The monoisotopic (exact) mass is 1070 g/mol. The zero-order valence-corrected chi connectivity index (χ0v) is 47.1. The van der Waals surface area contributed by atoms with Gasteiger partial charge in [-0.25, -0.2) is 0 Å². The summed E-state index contributed by atoms with van der Waals surface area (Å²) in [5.41, 5.74) is 16.9. The Morgan fingerprint density at radius 1 is 0.232 bits per heavy atom. The molecule has 0 saturated carbocycles. The zero-order valence-electron chi connectivity index (χ0n) is 45.1. The summed E-state index contributed by atoms with van der Waals surface area (Å²) < 4.78 is 2.40. The lowest BCUT2D eigenvalue weighted by molar-refractivity contribution is 1.18. The summed E-state index contributed by atoms with van der Waals surface area (Å²) in [5.74, 6) is 0. The molecule has 14 aromatic rings.